The quantitative estimate of drug-likeness (QED) is 0.757. The maximum Gasteiger partial charge on any atom is 0.253 e. The Morgan fingerprint density at radius 3 is 2.58 bits per heavy atom. The van der Waals surface area contributed by atoms with Crippen LogP contribution in [0.2, 0.25) is 0 Å². The number of aryl methyl sites for hydroxylation is 1. The maximum absolute atomic E-state index is 13.4. The van der Waals surface area contributed by atoms with Gasteiger partial charge in [-0.15, -0.1) is 0 Å². The summed E-state index contributed by atoms with van der Waals surface area (Å²) in [6.45, 7) is 3.45. The van der Waals surface area contributed by atoms with Crippen LogP contribution in [0.5, 0.6) is 5.75 Å². The molecule has 1 heterocycles. The number of ether oxygens (including phenoxy) is 1. The molecular weight excluding hydrogens is 338 g/mol. The fourth-order valence-corrected chi connectivity index (χ4v) is 2.74. The number of fused-ring (bicyclic) bond motifs is 1. The van der Waals surface area contributed by atoms with E-state index in [9.17, 15) is 13.6 Å². The van der Waals surface area contributed by atoms with Gasteiger partial charge in [0.15, 0.2) is 11.6 Å². The molecule has 3 rings (SSSR count). The van der Waals surface area contributed by atoms with Crippen LogP contribution in [0.25, 0.3) is 10.9 Å². The Labute approximate surface area is 149 Å². The number of nitrogens with one attached hydrogen (secondary N) is 1. The van der Waals surface area contributed by atoms with E-state index < -0.39 is 17.7 Å². The zero-order valence-electron chi connectivity index (χ0n) is 14.6. The average Bonchev–Trinajstić information content (AvgIpc) is 2.62. The summed E-state index contributed by atoms with van der Waals surface area (Å²) in [5.41, 5.74) is 2.21. The minimum Gasteiger partial charge on any atom is -0.497 e. The Morgan fingerprint density at radius 1 is 1.12 bits per heavy atom. The summed E-state index contributed by atoms with van der Waals surface area (Å²) < 4.78 is 31.6. The molecule has 2 aromatic carbocycles. The number of halogens is 2. The predicted octanol–water partition coefficient (Wildman–Crippen LogP) is 4.32. The van der Waals surface area contributed by atoms with Crippen molar-refractivity contribution < 1.29 is 18.3 Å². The van der Waals surface area contributed by atoms with Crippen molar-refractivity contribution in [2.45, 2.75) is 19.9 Å². The Bertz CT molecular complexity index is 989. The number of rotatable bonds is 4. The average molecular weight is 356 g/mol. The molecule has 1 atom stereocenters. The van der Waals surface area contributed by atoms with Gasteiger partial charge in [-0.1, -0.05) is 6.07 Å². The molecule has 0 saturated carbocycles. The molecule has 1 amide bonds. The lowest BCUT2D eigenvalue weighted by molar-refractivity contribution is 0.0939. The SMILES string of the molecule is COc1ccc2cc(C(=O)N[C@H](C)c3ccc(F)c(F)c3)c(C)nc2c1. The highest BCUT2D eigenvalue weighted by Gasteiger charge is 2.16. The first-order valence-electron chi connectivity index (χ1n) is 8.10. The van der Waals surface area contributed by atoms with Crippen molar-refractivity contribution in [3.05, 3.63) is 70.9 Å². The second-order valence-corrected chi connectivity index (χ2v) is 6.05. The molecule has 1 aromatic heterocycles. The van der Waals surface area contributed by atoms with Gasteiger partial charge in [-0.3, -0.25) is 9.78 Å². The number of carbonyl (C=O) groups excluding carboxylic acids is 1. The van der Waals surface area contributed by atoms with Gasteiger partial charge in [-0.05, 0) is 49.7 Å². The van der Waals surface area contributed by atoms with E-state index in [4.69, 9.17) is 4.74 Å². The smallest absolute Gasteiger partial charge is 0.253 e. The van der Waals surface area contributed by atoms with E-state index >= 15 is 0 Å². The summed E-state index contributed by atoms with van der Waals surface area (Å²) in [7, 11) is 1.58. The van der Waals surface area contributed by atoms with E-state index in [2.05, 4.69) is 10.3 Å². The first-order valence-corrected chi connectivity index (χ1v) is 8.10. The largest absolute Gasteiger partial charge is 0.497 e. The Balaban J connectivity index is 1.86. The van der Waals surface area contributed by atoms with E-state index in [0.717, 1.165) is 23.0 Å². The van der Waals surface area contributed by atoms with Crippen LogP contribution in [-0.4, -0.2) is 18.0 Å². The van der Waals surface area contributed by atoms with Gasteiger partial charge in [0.1, 0.15) is 5.75 Å². The maximum atomic E-state index is 13.4. The van der Waals surface area contributed by atoms with Crippen LogP contribution < -0.4 is 10.1 Å². The first kappa shape index (κ1) is 17.8. The van der Waals surface area contributed by atoms with Crippen LogP contribution in [0.4, 0.5) is 8.78 Å². The van der Waals surface area contributed by atoms with Crippen molar-refractivity contribution in [2.24, 2.45) is 0 Å². The summed E-state index contributed by atoms with van der Waals surface area (Å²) in [5, 5.41) is 3.60. The van der Waals surface area contributed by atoms with Gasteiger partial charge in [-0.2, -0.15) is 0 Å². The van der Waals surface area contributed by atoms with Crippen LogP contribution in [-0.2, 0) is 0 Å². The lowest BCUT2D eigenvalue weighted by atomic mass is 10.1. The highest BCUT2D eigenvalue weighted by molar-refractivity contribution is 5.99. The molecule has 0 radical (unpaired) electrons. The van der Waals surface area contributed by atoms with Gasteiger partial charge in [0, 0.05) is 11.5 Å². The monoisotopic (exact) mass is 356 g/mol. The third-order valence-corrected chi connectivity index (χ3v) is 4.25. The molecule has 134 valence electrons. The number of nitrogens with zero attached hydrogens (tertiary/aromatic N) is 1. The highest BCUT2D eigenvalue weighted by atomic mass is 19.2. The number of benzene rings is 2. The third kappa shape index (κ3) is 3.49. The molecule has 26 heavy (non-hydrogen) atoms. The molecule has 0 fully saturated rings. The van der Waals surface area contributed by atoms with E-state index in [-0.39, 0.29) is 5.91 Å². The summed E-state index contributed by atoms with van der Waals surface area (Å²) in [6.07, 6.45) is 0. The Morgan fingerprint density at radius 2 is 1.88 bits per heavy atom. The van der Waals surface area contributed by atoms with Crippen molar-refractivity contribution >= 4 is 16.8 Å². The van der Waals surface area contributed by atoms with Crippen molar-refractivity contribution in [2.75, 3.05) is 7.11 Å². The van der Waals surface area contributed by atoms with Crippen molar-refractivity contribution in [1.29, 1.82) is 0 Å². The number of carbonyl (C=O) groups is 1. The van der Waals surface area contributed by atoms with Crippen LogP contribution in [0, 0.1) is 18.6 Å². The van der Waals surface area contributed by atoms with Crippen molar-refractivity contribution in [1.82, 2.24) is 10.3 Å². The van der Waals surface area contributed by atoms with E-state index in [0.29, 0.717) is 22.6 Å². The van der Waals surface area contributed by atoms with Crippen LogP contribution in [0.3, 0.4) is 0 Å². The number of pyridine rings is 1. The normalized spacial score (nSPS) is 12.0. The van der Waals surface area contributed by atoms with Gasteiger partial charge in [0.2, 0.25) is 0 Å². The molecule has 0 unspecified atom stereocenters. The molecule has 0 bridgehead atoms. The van der Waals surface area contributed by atoms with E-state index in [1.165, 1.54) is 6.07 Å². The number of hydrogen-bond donors (Lipinski definition) is 1. The lowest BCUT2D eigenvalue weighted by Crippen LogP contribution is -2.27. The predicted molar refractivity (Wildman–Crippen MR) is 95.3 cm³/mol. The molecule has 0 aliphatic rings. The van der Waals surface area contributed by atoms with Gasteiger partial charge in [-0.25, -0.2) is 8.78 Å². The van der Waals surface area contributed by atoms with Crippen LogP contribution in [0.1, 0.15) is 34.6 Å². The van der Waals surface area contributed by atoms with Crippen LogP contribution >= 0.6 is 0 Å². The molecule has 0 aliphatic carbocycles. The Kier molecular flexibility index (Phi) is 4.84. The van der Waals surface area contributed by atoms with Gasteiger partial charge in [0.05, 0.1) is 29.9 Å². The third-order valence-electron chi connectivity index (χ3n) is 4.25. The molecule has 6 heteroatoms. The number of amides is 1. The summed E-state index contributed by atoms with van der Waals surface area (Å²) in [5.74, 6) is -1.50. The Hall–Kier alpha value is -3.02. The molecule has 0 saturated heterocycles. The van der Waals surface area contributed by atoms with E-state index in [1.807, 2.05) is 6.07 Å². The topological polar surface area (TPSA) is 51.2 Å². The number of methoxy groups -OCH3 is 1. The summed E-state index contributed by atoms with van der Waals surface area (Å²) >= 11 is 0. The standard InChI is InChI=1S/C20H18F2N2O2/c1-11(13-5-7-17(21)18(22)9-13)24-20(25)16-8-14-4-6-15(26-3)10-19(14)23-12(16)2/h4-11H,1-3H3,(H,24,25)/t11-/m1/s1. The molecular formula is C20H18F2N2O2. The zero-order chi connectivity index (χ0) is 18.8. The zero-order valence-corrected chi connectivity index (χ0v) is 14.6. The minimum absolute atomic E-state index is 0.329. The van der Waals surface area contributed by atoms with Gasteiger partial charge < -0.3 is 10.1 Å². The molecule has 1 N–H and O–H groups in total. The molecule has 0 aliphatic heterocycles. The lowest BCUT2D eigenvalue weighted by Gasteiger charge is -2.16. The van der Waals surface area contributed by atoms with Gasteiger partial charge in [0.25, 0.3) is 5.91 Å². The fourth-order valence-electron chi connectivity index (χ4n) is 2.74. The second kappa shape index (κ2) is 7.07. The molecule has 0 spiro atoms. The molecule has 3 aromatic rings. The highest BCUT2D eigenvalue weighted by Crippen LogP contribution is 2.22. The van der Waals surface area contributed by atoms with Crippen LogP contribution in [0.15, 0.2) is 42.5 Å². The number of aromatic nitrogens is 1. The second-order valence-electron chi connectivity index (χ2n) is 6.05. The minimum atomic E-state index is -0.943. The van der Waals surface area contributed by atoms with Crippen molar-refractivity contribution in [3.63, 3.8) is 0 Å². The summed E-state index contributed by atoms with van der Waals surface area (Å²) in [6, 6.07) is 10.3. The van der Waals surface area contributed by atoms with E-state index in [1.54, 1.807) is 39.2 Å². The van der Waals surface area contributed by atoms with Gasteiger partial charge >= 0.3 is 0 Å². The summed E-state index contributed by atoms with van der Waals surface area (Å²) in [4.78, 5) is 17.1. The fraction of sp³-hybridized carbons (Fsp3) is 0.200. The number of hydrogen-bond acceptors (Lipinski definition) is 3. The molecule has 4 nitrogen and oxygen atoms in total. The van der Waals surface area contributed by atoms with Crippen molar-refractivity contribution in [3.8, 4) is 5.75 Å². The first-order chi connectivity index (χ1) is 12.4.